The molecule has 126 valence electrons. The van der Waals surface area contributed by atoms with E-state index in [1.54, 1.807) is 12.1 Å². The molecular formula is C19H20Cl2N2O. The second-order valence-electron chi connectivity index (χ2n) is 6.04. The van der Waals surface area contributed by atoms with Crippen molar-refractivity contribution < 1.29 is 4.79 Å². The van der Waals surface area contributed by atoms with Crippen molar-refractivity contribution >= 4 is 29.1 Å². The number of amides is 1. The zero-order valence-electron chi connectivity index (χ0n) is 13.6. The van der Waals surface area contributed by atoms with Gasteiger partial charge in [0.25, 0.3) is 5.91 Å². The van der Waals surface area contributed by atoms with Crippen molar-refractivity contribution in [3.63, 3.8) is 0 Å². The van der Waals surface area contributed by atoms with Gasteiger partial charge in [-0.3, -0.25) is 9.69 Å². The van der Waals surface area contributed by atoms with Crippen LogP contribution in [0, 0.1) is 0 Å². The molecule has 0 aromatic heterocycles. The lowest BCUT2D eigenvalue weighted by atomic mass is 10.1. The fourth-order valence-electron chi connectivity index (χ4n) is 3.13. The van der Waals surface area contributed by atoms with Gasteiger partial charge in [-0.2, -0.15) is 0 Å². The van der Waals surface area contributed by atoms with Gasteiger partial charge in [0.2, 0.25) is 0 Å². The van der Waals surface area contributed by atoms with Crippen LogP contribution in [0.1, 0.15) is 28.9 Å². The molecule has 24 heavy (non-hydrogen) atoms. The maximum absolute atomic E-state index is 12.6. The Morgan fingerprint density at radius 1 is 1.00 bits per heavy atom. The highest BCUT2D eigenvalue weighted by Gasteiger charge is 2.26. The fraction of sp³-hybridized carbons (Fsp3) is 0.316. The molecule has 1 saturated heterocycles. The molecule has 2 aromatic carbocycles. The quantitative estimate of drug-likeness (QED) is 0.801. The van der Waals surface area contributed by atoms with E-state index in [0.717, 1.165) is 23.7 Å². The van der Waals surface area contributed by atoms with Gasteiger partial charge in [-0.15, -0.1) is 0 Å². The zero-order chi connectivity index (χ0) is 17.1. The largest absolute Gasteiger partial charge is 0.336 e. The molecule has 1 heterocycles. The van der Waals surface area contributed by atoms with Gasteiger partial charge in [-0.05, 0) is 36.8 Å². The summed E-state index contributed by atoms with van der Waals surface area (Å²) in [6, 6.07) is 15.3. The van der Waals surface area contributed by atoms with Gasteiger partial charge in [0, 0.05) is 47.8 Å². The standard InChI is InChI=1S/C19H20Cl2N2O/c1-14(17-7-2-3-8-18(17)21)22-9-11-23(12-10-22)19(24)15-5-4-6-16(20)13-15/h2-8,13-14H,9-12H2,1H3. The molecular weight excluding hydrogens is 343 g/mol. The summed E-state index contributed by atoms with van der Waals surface area (Å²) in [5.74, 6) is 0.0440. The molecule has 0 saturated carbocycles. The Morgan fingerprint density at radius 2 is 1.71 bits per heavy atom. The summed E-state index contributed by atoms with van der Waals surface area (Å²) in [6.45, 7) is 5.24. The van der Waals surface area contributed by atoms with E-state index in [4.69, 9.17) is 23.2 Å². The van der Waals surface area contributed by atoms with Crippen LogP contribution in [-0.4, -0.2) is 41.9 Å². The molecule has 1 amide bonds. The molecule has 0 bridgehead atoms. The van der Waals surface area contributed by atoms with Crippen molar-refractivity contribution in [2.75, 3.05) is 26.2 Å². The third-order valence-electron chi connectivity index (χ3n) is 4.58. The molecule has 1 fully saturated rings. The molecule has 0 spiro atoms. The molecule has 2 aromatic rings. The third kappa shape index (κ3) is 3.75. The first-order valence-electron chi connectivity index (χ1n) is 8.09. The van der Waals surface area contributed by atoms with E-state index in [1.165, 1.54) is 0 Å². The molecule has 0 N–H and O–H groups in total. The predicted octanol–water partition coefficient (Wildman–Crippen LogP) is 4.51. The normalized spacial score (nSPS) is 16.9. The van der Waals surface area contributed by atoms with E-state index in [9.17, 15) is 4.79 Å². The summed E-state index contributed by atoms with van der Waals surface area (Å²) in [7, 11) is 0. The number of hydrogen-bond donors (Lipinski definition) is 0. The van der Waals surface area contributed by atoms with Gasteiger partial charge in [0.15, 0.2) is 0 Å². The summed E-state index contributed by atoms with van der Waals surface area (Å²) in [5, 5.41) is 1.38. The van der Waals surface area contributed by atoms with Crippen molar-refractivity contribution in [1.29, 1.82) is 0 Å². The van der Waals surface area contributed by atoms with Crippen LogP contribution in [0.2, 0.25) is 10.0 Å². The Kier molecular flexibility index (Phi) is 5.44. The van der Waals surface area contributed by atoms with Crippen molar-refractivity contribution in [1.82, 2.24) is 9.80 Å². The highest BCUT2D eigenvalue weighted by molar-refractivity contribution is 6.31. The Labute approximate surface area is 152 Å². The molecule has 1 aliphatic rings. The lowest BCUT2D eigenvalue weighted by Crippen LogP contribution is -2.49. The van der Waals surface area contributed by atoms with Gasteiger partial charge in [-0.25, -0.2) is 0 Å². The van der Waals surface area contributed by atoms with Crippen LogP contribution in [0.15, 0.2) is 48.5 Å². The minimum absolute atomic E-state index is 0.0440. The van der Waals surface area contributed by atoms with Crippen LogP contribution in [-0.2, 0) is 0 Å². The van der Waals surface area contributed by atoms with Crippen molar-refractivity contribution in [2.45, 2.75) is 13.0 Å². The molecule has 0 aliphatic carbocycles. The summed E-state index contributed by atoms with van der Waals surface area (Å²) in [4.78, 5) is 16.8. The van der Waals surface area contributed by atoms with Crippen molar-refractivity contribution in [3.05, 3.63) is 69.7 Å². The first kappa shape index (κ1) is 17.3. The van der Waals surface area contributed by atoms with Crippen LogP contribution < -0.4 is 0 Å². The third-order valence-corrected chi connectivity index (χ3v) is 5.16. The van der Waals surface area contributed by atoms with E-state index in [2.05, 4.69) is 17.9 Å². The van der Waals surface area contributed by atoms with Gasteiger partial charge >= 0.3 is 0 Å². The number of hydrogen-bond acceptors (Lipinski definition) is 2. The SMILES string of the molecule is CC(c1ccccc1Cl)N1CCN(C(=O)c2cccc(Cl)c2)CC1. The number of benzene rings is 2. The summed E-state index contributed by atoms with van der Waals surface area (Å²) in [6.07, 6.45) is 0. The van der Waals surface area contributed by atoms with Crippen LogP contribution in [0.5, 0.6) is 0 Å². The van der Waals surface area contributed by atoms with Gasteiger partial charge in [0.05, 0.1) is 0 Å². The number of rotatable bonds is 3. The smallest absolute Gasteiger partial charge is 0.253 e. The van der Waals surface area contributed by atoms with Crippen molar-refractivity contribution in [3.8, 4) is 0 Å². The molecule has 1 atom stereocenters. The highest BCUT2D eigenvalue weighted by atomic mass is 35.5. The number of halogens is 2. The lowest BCUT2D eigenvalue weighted by molar-refractivity contribution is 0.0582. The van der Waals surface area contributed by atoms with Gasteiger partial charge < -0.3 is 4.90 Å². The van der Waals surface area contributed by atoms with E-state index < -0.39 is 0 Å². The monoisotopic (exact) mass is 362 g/mol. The molecule has 1 unspecified atom stereocenters. The van der Waals surface area contributed by atoms with Crippen molar-refractivity contribution in [2.24, 2.45) is 0 Å². The summed E-state index contributed by atoms with van der Waals surface area (Å²) < 4.78 is 0. The maximum atomic E-state index is 12.6. The average Bonchev–Trinajstić information content (AvgIpc) is 2.61. The average molecular weight is 363 g/mol. The van der Waals surface area contributed by atoms with E-state index in [-0.39, 0.29) is 11.9 Å². The molecule has 1 aliphatic heterocycles. The molecule has 3 nitrogen and oxygen atoms in total. The Bertz CT molecular complexity index is 727. The Morgan fingerprint density at radius 3 is 2.38 bits per heavy atom. The Hall–Kier alpha value is -1.55. The van der Waals surface area contributed by atoms with Gasteiger partial charge in [-0.1, -0.05) is 47.5 Å². The number of carbonyl (C=O) groups excluding carboxylic acids is 1. The molecule has 0 radical (unpaired) electrons. The molecule has 3 rings (SSSR count). The van der Waals surface area contributed by atoms with E-state index in [0.29, 0.717) is 23.7 Å². The minimum atomic E-state index is 0.0440. The van der Waals surface area contributed by atoms with Crippen LogP contribution in [0.3, 0.4) is 0 Å². The van der Waals surface area contributed by atoms with E-state index in [1.807, 2.05) is 35.2 Å². The van der Waals surface area contributed by atoms with E-state index >= 15 is 0 Å². The van der Waals surface area contributed by atoms with Crippen LogP contribution >= 0.6 is 23.2 Å². The second-order valence-corrected chi connectivity index (χ2v) is 6.88. The number of piperazine rings is 1. The number of nitrogens with zero attached hydrogens (tertiary/aromatic N) is 2. The predicted molar refractivity (Wildman–Crippen MR) is 98.8 cm³/mol. The zero-order valence-corrected chi connectivity index (χ0v) is 15.1. The second kappa shape index (κ2) is 7.56. The first-order valence-corrected chi connectivity index (χ1v) is 8.85. The highest BCUT2D eigenvalue weighted by Crippen LogP contribution is 2.28. The van der Waals surface area contributed by atoms with Crippen LogP contribution in [0.4, 0.5) is 0 Å². The lowest BCUT2D eigenvalue weighted by Gasteiger charge is -2.38. The first-order chi connectivity index (χ1) is 11.6. The van der Waals surface area contributed by atoms with Crippen LogP contribution in [0.25, 0.3) is 0 Å². The van der Waals surface area contributed by atoms with Gasteiger partial charge in [0.1, 0.15) is 0 Å². The summed E-state index contributed by atoms with van der Waals surface area (Å²) in [5.41, 5.74) is 1.78. The summed E-state index contributed by atoms with van der Waals surface area (Å²) >= 11 is 12.3. The molecule has 5 heteroatoms. The minimum Gasteiger partial charge on any atom is -0.336 e. The number of carbonyl (C=O) groups is 1. The topological polar surface area (TPSA) is 23.6 Å². The maximum Gasteiger partial charge on any atom is 0.253 e. The Balaban J connectivity index is 1.63. The fourth-order valence-corrected chi connectivity index (χ4v) is 3.61.